The molecular formula is C13H19NOS2. The Labute approximate surface area is 112 Å². The molecule has 4 heterocycles. The summed E-state index contributed by atoms with van der Waals surface area (Å²) in [6.45, 7) is 3.24. The van der Waals surface area contributed by atoms with Gasteiger partial charge in [-0.2, -0.15) is 0 Å². The van der Waals surface area contributed by atoms with Gasteiger partial charge in [0.1, 0.15) is 0 Å². The molecule has 0 spiro atoms. The van der Waals surface area contributed by atoms with E-state index >= 15 is 0 Å². The fraction of sp³-hybridized carbons (Fsp3) is 0.692. The Morgan fingerprint density at radius 3 is 3.29 bits per heavy atom. The molecular weight excluding hydrogens is 250 g/mol. The van der Waals surface area contributed by atoms with Gasteiger partial charge in [-0.1, -0.05) is 17.8 Å². The zero-order valence-corrected chi connectivity index (χ0v) is 12.0. The molecule has 1 saturated heterocycles. The SMILES string of the molecule is COC(C)C/C1=C/C2CC3CC(=C(S1)S3)CN2. The number of hydrogen-bond acceptors (Lipinski definition) is 4. The Balaban J connectivity index is 1.82. The van der Waals surface area contributed by atoms with Crippen molar-refractivity contribution >= 4 is 23.5 Å². The van der Waals surface area contributed by atoms with Crippen molar-refractivity contribution in [1.29, 1.82) is 0 Å². The summed E-state index contributed by atoms with van der Waals surface area (Å²) < 4.78 is 6.95. The van der Waals surface area contributed by atoms with E-state index in [-0.39, 0.29) is 0 Å². The maximum Gasteiger partial charge on any atom is 0.0588 e. The molecule has 94 valence electrons. The number of ether oxygens (including phenoxy) is 1. The molecule has 0 aromatic heterocycles. The molecule has 1 N–H and O–H groups in total. The van der Waals surface area contributed by atoms with Gasteiger partial charge in [-0.05, 0) is 30.2 Å². The van der Waals surface area contributed by atoms with Crippen LogP contribution in [-0.2, 0) is 4.74 Å². The molecule has 17 heavy (non-hydrogen) atoms. The number of fused-ring (bicyclic) bond motifs is 2. The van der Waals surface area contributed by atoms with Crippen LogP contribution in [0.5, 0.6) is 0 Å². The van der Waals surface area contributed by atoms with Crippen molar-refractivity contribution in [3.05, 3.63) is 20.8 Å². The Morgan fingerprint density at radius 2 is 2.47 bits per heavy atom. The van der Waals surface area contributed by atoms with Gasteiger partial charge in [-0.15, -0.1) is 11.8 Å². The Hall–Kier alpha value is 0.1000. The van der Waals surface area contributed by atoms with Crippen LogP contribution in [0.15, 0.2) is 20.8 Å². The minimum Gasteiger partial charge on any atom is -0.381 e. The normalized spacial score (nSPS) is 36.5. The highest BCUT2D eigenvalue weighted by atomic mass is 32.2. The third-order valence-electron chi connectivity index (χ3n) is 3.63. The van der Waals surface area contributed by atoms with E-state index in [4.69, 9.17) is 4.74 Å². The van der Waals surface area contributed by atoms with E-state index in [1.807, 2.05) is 11.8 Å². The molecule has 4 bridgehead atoms. The standard InChI is InChI=1S/C13H19NOS2/c1-8(15-2)3-11-5-10-6-12-4-9(7-14-10)13(16-11)17-12/h5,8,10,12,14H,3-4,6-7H2,1-2H3/b11-5-. The smallest absolute Gasteiger partial charge is 0.0588 e. The van der Waals surface area contributed by atoms with Crippen LogP contribution in [-0.4, -0.2) is 31.1 Å². The number of rotatable bonds is 3. The van der Waals surface area contributed by atoms with Crippen molar-refractivity contribution in [1.82, 2.24) is 5.32 Å². The largest absolute Gasteiger partial charge is 0.381 e. The first-order chi connectivity index (χ1) is 8.24. The fourth-order valence-corrected chi connectivity index (χ4v) is 5.83. The summed E-state index contributed by atoms with van der Waals surface area (Å²) in [6, 6.07) is 0.568. The zero-order chi connectivity index (χ0) is 11.8. The van der Waals surface area contributed by atoms with Gasteiger partial charge in [0, 0.05) is 35.6 Å². The number of methoxy groups -OCH3 is 1. The first-order valence-corrected chi connectivity index (χ1v) is 7.97. The molecule has 2 nitrogen and oxygen atoms in total. The lowest BCUT2D eigenvalue weighted by Gasteiger charge is -2.24. The summed E-state index contributed by atoms with van der Waals surface area (Å²) in [5.41, 5.74) is 1.64. The van der Waals surface area contributed by atoms with Crippen LogP contribution < -0.4 is 5.32 Å². The van der Waals surface area contributed by atoms with Gasteiger partial charge in [-0.3, -0.25) is 0 Å². The van der Waals surface area contributed by atoms with Gasteiger partial charge < -0.3 is 10.1 Å². The number of hydrogen-bond donors (Lipinski definition) is 1. The molecule has 3 atom stereocenters. The van der Waals surface area contributed by atoms with Crippen LogP contribution in [0.1, 0.15) is 26.2 Å². The van der Waals surface area contributed by atoms with E-state index in [1.54, 1.807) is 16.9 Å². The maximum atomic E-state index is 5.39. The minimum atomic E-state index is 0.319. The predicted molar refractivity (Wildman–Crippen MR) is 76.2 cm³/mol. The second-order valence-corrected chi connectivity index (χ2v) is 7.75. The molecule has 3 unspecified atom stereocenters. The Kier molecular flexibility index (Phi) is 3.57. The summed E-state index contributed by atoms with van der Waals surface area (Å²) in [5, 5.41) is 4.49. The monoisotopic (exact) mass is 269 g/mol. The molecule has 0 aliphatic carbocycles. The predicted octanol–water partition coefficient (Wildman–Crippen LogP) is 3.12. The molecule has 0 aromatic rings. The van der Waals surface area contributed by atoms with Gasteiger partial charge >= 0.3 is 0 Å². The molecule has 0 amide bonds. The first kappa shape index (κ1) is 12.2. The molecule has 1 fully saturated rings. The maximum absolute atomic E-state index is 5.39. The lowest BCUT2D eigenvalue weighted by Crippen LogP contribution is -2.30. The molecule has 4 aliphatic rings. The summed E-state index contributed by atoms with van der Waals surface area (Å²) in [4.78, 5) is 1.48. The molecule has 4 rings (SSSR count). The molecule has 0 saturated carbocycles. The Bertz CT molecular complexity index is 378. The summed E-state index contributed by atoms with van der Waals surface area (Å²) in [6.07, 6.45) is 6.39. The van der Waals surface area contributed by atoms with Crippen molar-refractivity contribution in [2.45, 2.75) is 43.6 Å². The lowest BCUT2D eigenvalue weighted by atomic mass is 10.1. The quantitative estimate of drug-likeness (QED) is 0.849. The van der Waals surface area contributed by atoms with Crippen LogP contribution in [0.3, 0.4) is 0 Å². The fourth-order valence-electron chi connectivity index (χ4n) is 2.61. The van der Waals surface area contributed by atoms with E-state index in [0.29, 0.717) is 12.1 Å². The van der Waals surface area contributed by atoms with Gasteiger partial charge in [0.2, 0.25) is 0 Å². The van der Waals surface area contributed by atoms with Crippen LogP contribution in [0.25, 0.3) is 0 Å². The second kappa shape index (κ2) is 5.00. The summed E-state index contributed by atoms with van der Waals surface area (Å²) in [5.74, 6) is 0. The summed E-state index contributed by atoms with van der Waals surface area (Å²) in [7, 11) is 1.80. The van der Waals surface area contributed by atoms with Crippen LogP contribution in [0.4, 0.5) is 0 Å². The van der Waals surface area contributed by atoms with Crippen molar-refractivity contribution in [2.75, 3.05) is 13.7 Å². The third kappa shape index (κ3) is 2.60. The average molecular weight is 269 g/mol. The molecule has 4 aliphatic heterocycles. The molecule has 4 heteroatoms. The lowest BCUT2D eigenvalue weighted by molar-refractivity contribution is 0.120. The third-order valence-corrected chi connectivity index (χ3v) is 6.41. The van der Waals surface area contributed by atoms with Crippen molar-refractivity contribution in [2.24, 2.45) is 0 Å². The highest BCUT2D eigenvalue weighted by Gasteiger charge is 2.33. The average Bonchev–Trinajstić information content (AvgIpc) is 2.52. The van der Waals surface area contributed by atoms with E-state index < -0.39 is 0 Å². The van der Waals surface area contributed by atoms with E-state index in [9.17, 15) is 0 Å². The zero-order valence-electron chi connectivity index (χ0n) is 10.4. The number of nitrogens with one attached hydrogen (secondary N) is 1. The van der Waals surface area contributed by atoms with E-state index in [2.05, 4.69) is 30.1 Å². The van der Waals surface area contributed by atoms with Crippen LogP contribution in [0.2, 0.25) is 0 Å². The van der Waals surface area contributed by atoms with Gasteiger partial charge in [0.15, 0.2) is 0 Å². The minimum absolute atomic E-state index is 0.319. The van der Waals surface area contributed by atoms with Crippen LogP contribution in [0, 0.1) is 0 Å². The Morgan fingerprint density at radius 1 is 1.59 bits per heavy atom. The second-order valence-electron chi connectivity index (χ2n) is 5.04. The topological polar surface area (TPSA) is 21.3 Å². The van der Waals surface area contributed by atoms with Crippen LogP contribution >= 0.6 is 23.5 Å². The highest BCUT2D eigenvalue weighted by molar-refractivity contribution is 8.24. The van der Waals surface area contributed by atoms with Crippen molar-refractivity contribution < 1.29 is 4.74 Å². The van der Waals surface area contributed by atoms with Crippen molar-refractivity contribution in [3.63, 3.8) is 0 Å². The summed E-state index contributed by atoms with van der Waals surface area (Å²) >= 11 is 4.11. The van der Waals surface area contributed by atoms with Gasteiger partial charge in [-0.25, -0.2) is 0 Å². The van der Waals surface area contributed by atoms with E-state index in [1.165, 1.54) is 17.7 Å². The van der Waals surface area contributed by atoms with Crippen molar-refractivity contribution in [3.8, 4) is 0 Å². The van der Waals surface area contributed by atoms with Gasteiger partial charge in [0.05, 0.1) is 6.10 Å². The first-order valence-electron chi connectivity index (χ1n) is 6.28. The number of thioether (sulfide) groups is 2. The molecule has 0 radical (unpaired) electrons. The highest BCUT2D eigenvalue weighted by Crippen LogP contribution is 2.51. The van der Waals surface area contributed by atoms with Gasteiger partial charge in [0.25, 0.3) is 0 Å². The molecule has 0 aromatic carbocycles. The van der Waals surface area contributed by atoms with E-state index in [0.717, 1.165) is 18.2 Å².